The first kappa shape index (κ1) is 22.2. The first-order valence-electron chi connectivity index (χ1n) is 10.7. The lowest BCUT2D eigenvalue weighted by Gasteiger charge is -2.22. The van der Waals surface area contributed by atoms with Gasteiger partial charge in [0.1, 0.15) is 0 Å². The monoisotopic (exact) mass is 389 g/mol. The third-order valence-electron chi connectivity index (χ3n) is 4.97. The maximum atomic E-state index is 11.8. The van der Waals surface area contributed by atoms with Crippen LogP contribution in [0, 0.1) is 0 Å². The minimum Gasteiger partial charge on any atom is -0.381 e. The lowest BCUT2D eigenvalue weighted by Crippen LogP contribution is -2.43. The molecule has 1 aromatic carbocycles. The topological polar surface area (TPSA) is 79.5 Å². The molecule has 2 rings (SSSR count). The van der Waals surface area contributed by atoms with Gasteiger partial charge in [0.2, 0.25) is 5.91 Å². The predicted molar refractivity (Wildman–Crippen MR) is 111 cm³/mol. The fraction of sp³-hybridized carbons (Fsp3) is 0.636. The highest BCUT2D eigenvalue weighted by Gasteiger charge is 2.15. The van der Waals surface area contributed by atoms with Gasteiger partial charge in [0.05, 0.1) is 6.61 Å². The van der Waals surface area contributed by atoms with Gasteiger partial charge >= 0.3 is 6.03 Å². The predicted octanol–water partition coefficient (Wildman–Crippen LogP) is 3.16. The molecule has 1 aliphatic carbocycles. The molecule has 0 unspecified atom stereocenters. The number of nitrogens with one attached hydrogen (secondary N) is 3. The summed E-state index contributed by atoms with van der Waals surface area (Å²) in [6.45, 7) is 2.50. The summed E-state index contributed by atoms with van der Waals surface area (Å²) in [6.07, 6.45) is 8.62. The molecular weight excluding hydrogens is 354 g/mol. The average Bonchev–Trinajstić information content (AvgIpc) is 2.72. The Kier molecular flexibility index (Phi) is 11.1. The van der Waals surface area contributed by atoms with Crippen LogP contribution in [-0.2, 0) is 16.0 Å². The van der Waals surface area contributed by atoms with Crippen LogP contribution >= 0.6 is 0 Å². The normalized spacial score (nSPS) is 14.4. The number of urea groups is 1. The number of hydrogen-bond donors (Lipinski definition) is 3. The van der Waals surface area contributed by atoms with Gasteiger partial charge in [-0.2, -0.15) is 0 Å². The fourth-order valence-electron chi connectivity index (χ4n) is 3.36. The fourth-order valence-corrected chi connectivity index (χ4v) is 3.36. The highest BCUT2D eigenvalue weighted by molar-refractivity contribution is 5.76. The van der Waals surface area contributed by atoms with Crippen molar-refractivity contribution < 1.29 is 14.3 Å². The van der Waals surface area contributed by atoms with Gasteiger partial charge in [-0.15, -0.1) is 0 Å². The van der Waals surface area contributed by atoms with Crippen LogP contribution < -0.4 is 16.0 Å². The molecule has 6 nitrogen and oxygen atoms in total. The number of amides is 3. The van der Waals surface area contributed by atoms with Crippen molar-refractivity contribution in [3.63, 3.8) is 0 Å². The number of rotatable bonds is 12. The Morgan fingerprint density at radius 2 is 1.68 bits per heavy atom. The van der Waals surface area contributed by atoms with Crippen molar-refractivity contribution >= 4 is 11.9 Å². The maximum absolute atomic E-state index is 11.8. The first-order chi connectivity index (χ1) is 13.7. The second-order valence-corrected chi connectivity index (χ2v) is 7.39. The van der Waals surface area contributed by atoms with E-state index in [0.29, 0.717) is 45.2 Å². The van der Waals surface area contributed by atoms with E-state index in [1.54, 1.807) is 0 Å². The van der Waals surface area contributed by atoms with Crippen LogP contribution in [0.4, 0.5) is 4.79 Å². The van der Waals surface area contributed by atoms with Crippen LogP contribution in [0.3, 0.4) is 0 Å². The molecule has 3 N–H and O–H groups in total. The summed E-state index contributed by atoms with van der Waals surface area (Å²) in [5, 5.41) is 8.75. The number of carbonyl (C=O) groups excluding carboxylic acids is 2. The first-order valence-corrected chi connectivity index (χ1v) is 10.7. The van der Waals surface area contributed by atoms with Crippen LogP contribution in [0.1, 0.15) is 56.9 Å². The lowest BCUT2D eigenvalue weighted by molar-refractivity contribution is -0.121. The van der Waals surface area contributed by atoms with Gasteiger partial charge in [-0.3, -0.25) is 4.79 Å². The van der Waals surface area contributed by atoms with Crippen LogP contribution in [-0.4, -0.2) is 44.3 Å². The molecule has 0 saturated heterocycles. The van der Waals surface area contributed by atoms with Crippen molar-refractivity contribution in [2.75, 3.05) is 26.3 Å². The molecule has 1 saturated carbocycles. The molecule has 1 aliphatic rings. The summed E-state index contributed by atoms with van der Waals surface area (Å²) in [7, 11) is 0. The maximum Gasteiger partial charge on any atom is 0.315 e. The zero-order valence-corrected chi connectivity index (χ0v) is 16.9. The van der Waals surface area contributed by atoms with Crippen molar-refractivity contribution in [2.24, 2.45) is 0 Å². The van der Waals surface area contributed by atoms with E-state index < -0.39 is 0 Å². The third-order valence-corrected chi connectivity index (χ3v) is 4.97. The smallest absolute Gasteiger partial charge is 0.315 e. The molecule has 0 spiro atoms. The summed E-state index contributed by atoms with van der Waals surface area (Å²) in [4.78, 5) is 23.6. The van der Waals surface area contributed by atoms with E-state index in [1.807, 2.05) is 18.2 Å². The molecule has 1 fully saturated rings. The van der Waals surface area contributed by atoms with Crippen molar-refractivity contribution in [2.45, 2.75) is 63.8 Å². The molecule has 0 radical (unpaired) electrons. The molecule has 0 aromatic heterocycles. The van der Waals surface area contributed by atoms with E-state index in [0.717, 1.165) is 25.7 Å². The van der Waals surface area contributed by atoms with Crippen molar-refractivity contribution in [3.8, 4) is 0 Å². The Hall–Kier alpha value is -2.08. The molecular formula is C22H35N3O3. The summed E-state index contributed by atoms with van der Waals surface area (Å²) < 4.78 is 5.60. The Bertz CT molecular complexity index is 559. The molecule has 1 aromatic rings. The molecule has 0 aliphatic heterocycles. The largest absolute Gasteiger partial charge is 0.381 e. The molecule has 156 valence electrons. The third kappa shape index (κ3) is 10.3. The van der Waals surface area contributed by atoms with E-state index in [-0.39, 0.29) is 11.9 Å². The van der Waals surface area contributed by atoms with Crippen LogP contribution in [0.5, 0.6) is 0 Å². The Labute approximate surface area is 168 Å². The molecule has 28 heavy (non-hydrogen) atoms. The van der Waals surface area contributed by atoms with E-state index in [4.69, 9.17) is 4.74 Å². The molecule has 6 heteroatoms. The van der Waals surface area contributed by atoms with Gasteiger partial charge in [0, 0.05) is 32.2 Å². The highest BCUT2D eigenvalue weighted by atomic mass is 16.5. The van der Waals surface area contributed by atoms with Gasteiger partial charge in [0.25, 0.3) is 0 Å². The zero-order valence-electron chi connectivity index (χ0n) is 16.9. The SMILES string of the molecule is O=C(CCCNC(=O)NC1CCCCC1)NCCCOCCc1ccccc1. The second-order valence-electron chi connectivity index (χ2n) is 7.39. The van der Waals surface area contributed by atoms with E-state index >= 15 is 0 Å². The summed E-state index contributed by atoms with van der Waals surface area (Å²) in [5.41, 5.74) is 1.27. The molecule has 0 heterocycles. The van der Waals surface area contributed by atoms with Gasteiger partial charge in [-0.05, 0) is 37.7 Å². The Morgan fingerprint density at radius 3 is 2.46 bits per heavy atom. The summed E-state index contributed by atoms with van der Waals surface area (Å²) in [5.74, 6) is 0.0266. The van der Waals surface area contributed by atoms with Gasteiger partial charge in [-0.1, -0.05) is 49.6 Å². The van der Waals surface area contributed by atoms with Gasteiger partial charge in [-0.25, -0.2) is 4.79 Å². The molecule has 0 bridgehead atoms. The van der Waals surface area contributed by atoms with E-state index in [9.17, 15) is 9.59 Å². The summed E-state index contributed by atoms with van der Waals surface area (Å²) in [6, 6.07) is 10.5. The van der Waals surface area contributed by atoms with Crippen molar-refractivity contribution in [1.82, 2.24) is 16.0 Å². The Morgan fingerprint density at radius 1 is 0.929 bits per heavy atom. The number of hydrogen-bond acceptors (Lipinski definition) is 3. The van der Waals surface area contributed by atoms with Crippen LogP contribution in [0.2, 0.25) is 0 Å². The lowest BCUT2D eigenvalue weighted by atomic mass is 9.96. The van der Waals surface area contributed by atoms with Crippen molar-refractivity contribution in [3.05, 3.63) is 35.9 Å². The van der Waals surface area contributed by atoms with Crippen LogP contribution in [0.15, 0.2) is 30.3 Å². The number of ether oxygens (including phenoxy) is 1. The van der Waals surface area contributed by atoms with Gasteiger partial charge in [0.15, 0.2) is 0 Å². The van der Waals surface area contributed by atoms with Gasteiger partial charge < -0.3 is 20.7 Å². The number of benzene rings is 1. The van der Waals surface area contributed by atoms with E-state index in [1.165, 1.54) is 24.8 Å². The standard InChI is InChI=1S/C22H35N3O3/c26-21(13-7-15-24-22(27)25-20-11-5-2-6-12-20)23-16-8-17-28-18-14-19-9-3-1-4-10-19/h1,3-4,9-10,20H,2,5-8,11-18H2,(H,23,26)(H2,24,25,27). The van der Waals surface area contributed by atoms with Crippen molar-refractivity contribution in [1.29, 1.82) is 0 Å². The summed E-state index contributed by atoms with van der Waals surface area (Å²) >= 11 is 0. The molecule has 3 amide bonds. The quantitative estimate of drug-likeness (QED) is 0.481. The zero-order chi connectivity index (χ0) is 19.9. The number of carbonyl (C=O) groups is 2. The van der Waals surface area contributed by atoms with E-state index in [2.05, 4.69) is 28.1 Å². The molecule has 0 atom stereocenters. The minimum absolute atomic E-state index is 0.0266. The average molecular weight is 390 g/mol. The van der Waals surface area contributed by atoms with Crippen LogP contribution in [0.25, 0.3) is 0 Å². The minimum atomic E-state index is -0.111. The second kappa shape index (κ2) is 14.0. The Balaban J connectivity index is 1.37. The highest BCUT2D eigenvalue weighted by Crippen LogP contribution is 2.17.